The Morgan fingerprint density at radius 1 is 1.24 bits per heavy atom. The topological polar surface area (TPSA) is 72.4 Å². The van der Waals surface area contributed by atoms with Gasteiger partial charge < -0.3 is 9.64 Å². The van der Waals surface area contributed by atoms with Crippen molar-refractivity contribution in [3.05, 3.63) is 12.0 Å². The molecule has 0 aromatic carbocycles. The molecule has 4 rings (SSSR count). The molecule has 3 aliphatic heterocycles. The molecule has 0 N–H and O–H groups in total. The minimum absolute atomic E-state index is 0.237. The Morgan fingerprint density at radius 2 is 1.86 bits per heavy atom. The van der Waals surface area contributed by atoms with E-state index in [9.17, 15) is 8.42 Å². The molecule has 6 nitrogen and oxygen atoms in total. The van der Waals surface area contributed by atoms with Crippen LogP contribution in [0.3, 0.4) is 0 Å². The first-order chi connectivity index (χ1) is 9.93. The van der Waals surface area contributed by atoms with Crippen molar-refractivity contribution in [1.29, 1.82) is 0 Å². The zero-order valence-electron chi connectivity index (χ0n) is 12.2. The van der Waals surface area contributed by atoms with E-state index in [2.05, 4.69) is 14.9 Å². The first-order valence-corrected chi connectivity index (χ1v) is 9.27. The molecule has 2 bridgehead atoms. The van der Waals surface area contributed by atoms with Crippen molar-refractivity contribution >= 4 is 15.7 Å². The van der Waals surface area contributed by atoms with Crippen LogP contribution in [0.4, 0.5) is 5.82 Å². The van der Waals surface area contributed by atoms with E-state index < -0.39 is 9.84 Å². The second-order valence-electron chi connectivity index (χ2n) is 6.40. The van der Waals surface area contributed by atoms with Crippen LogP contribution in [0.1, 0.15) is 18.7 Å². The summed E-state index contributed by atoms with van der Waals surface area (Å²) < 4.78 is 29.9. The van der Waals surface area contributed by atoms with Crippen LogP contribution >= 0.6 is 0 Å². The van der Waals surface area contributed by atoms with Crippen molar-refractivity contribution in [3.8, 4) is 0 Å². The van der Waals surface area contributed by atoms with Gasteiger partial charge >= 0.3 is 0 Å². The SMILES string of the molecule is Cc1ncc(S(C)(=O)=O)c(N2C[C@@H]3[C@H](C2)[C@H]2CC[C@@H]3O2)n1. The summed E-state index contributed by atoms with van der Waals surface area (Å²) in [6, 6.07) is 0. The van der Waals surface area contributed by atoms with Gasteiger partial charge in [-0.2, -0.15) is 0 Å². The number of fused-ring (bicyclic) bond motifs is 5. The van der Waals surface area contributed by atoms with Crippen molar-refractivity contribution in [2.45, 2.75) is 36.9 Å². The molecule has 0 saturated carbocycles. The number of rotatable bonds is 2. The zero-order valence-corrected chi connectivity index (χ0v) is 13.0. The molecule has 4 heterocycles. The fourth-order valence-corrected chi connectivity index (χ4v) is 4.82. The molecule has 21 heavy (non-hydrogen) atoms. The molecule has 4 atom stereocenters. The summed E-state index contributed by atoms with van der Waals surface area (Å²) in [6.45, 7) is 3.47. The number of sulfone groups is 1. The summed E-state index contributed by atoms with van der Waals surface area (Å²) in [5, 5.41) is 0. The highest BCUT2D eigenvalue weighted by Crippen LogP contribution is 2.48. The predicted molar refractivity (Wildman–Crippen MR) is 77.0 cm³/mol. The summed E-state index contributed by atoms with van der Waals surface area (Å²) in [6.07, 6.45) is 5.65. The van der Waals surface area contributed by atoms with Crippen molar-refractivity contribution in [3.63, 3.8) is 0 Å². The largest absolute Gasteiger partial charge is 0.374 e. The second kappa shape index (κ2) is 4.39. The molecule has 7 heteroatoms. The maximum Gasteiger partial charge on any atom is 0.180 e. The molecular weight excluding hydrogens is 290 g/mol. The van der Waals surface area contributed by atoms with Crippen LogP contribution in [0.25, 0.3) is 0 Å². The monoisotopic (exact) mass is 309 g/mol. The van der Waals surface area contributed by atoms with Crippen LogP contribution in [0.5, 0.6) is 0 Å². The summed E-state index contributed by atoms with van der Waals surface area (Å²) in [5.74, 6) is 2.21. The Balaban J connectivity index is 1.70. The van der Waals surface area contributed by atoms with Gasteiger partial charge in [0.05, 0.1) is 18.4 Å². The number of aryl methyl sites for hydroxylation is 1. The smallest absolute Gasteiger partial charge is 0.180 e. The minimum atomic E-state index is -3.32. The van der Waals surface area contributed by atoms with Crippen molar-refractivity contribution in [2.75, 3.05) is 24.2 Å². The van der Waals surface area contributed by atoms with Gasteiger partial charge in [-0.1, -0.05) is 0 Å². The van der Waals surface area contributed by atoms with E-state index in [1.165, 1.54) is 12.5 Å². The molecule has 3 fully saturated rings. The lowest BCUT2D eigenvalue weighted by Gasteiger charge is -2.22. The average molecular weight is 309 g/mol. The lowest BCUT2D eigenvalue weighted by atomic mass is 9.82. The number of aromatic nitrogens is 2. The Bertz CT molecular complexity index is 673. The van der Waals surface area contributed by atoms with Gasteiger partial charge in [0.25, 0.3) is 0 Å². The molecular formula is C14H19N3O3S. The fourth-order valence-electron chi connectivity index (χ4n) is 4.07. The Labute approximate surface area is 124 Å². The lowest BCUT2D eigenvalue weighted by molar-refractivity contribution is 0.0849. The summed E-state index contributed by atoms with van der Waals surface area (Å²) >= 11 is 0. The van der Waals surface area contributed by atoms with E-state index >= 15 is 0 Å². The molecule has 1 aromatic rings. The number of nitrogens with zero attached hydrogens (tertiary/aromatic N) is 3. The molecule has 3 saturated heterocycles. The Hall–Kier alpha value is -1.21. The zero-order chi connectivity index (χ0) is 14.8. The van der Waals surface area contributed by atoms with Crippen molar-refractivity contribution in [2.24, 2.45) is 11.8 Å². The Kier molecular flexibility index (Phi) is 2.81. The molecule has 0 radical (unpaired) electrons. The van der Waals surface area contributed by atoms with Gasteiger partial charge in [0.15, 0.2) is 15.7 Å². The number of ether oxygens (including phenoxy) is 1. The molecule has 114 valence electrons. The van der Waals surface area contributed by atoms with Crippen LogP contribution in [0, 0.1) is 18.8 Å². The van der Waals surface area contributed by atoms with E-state index in [-0.39, 0.29) is 4.90 Å². The van der Waals surface area contributed by atoms with Gasteiger partial charge in [-0.15, -0.1) is 0 Å². The van der Waals surface area contributed by atoms with E-state index in [0.29, 0.717) is 35.7 Å². The number of anilines is 1. The molecule has 0 unspecified atom stereocenters. The molecule has 0 amide bonds. The van der Waals surface area contributed by atoms with Gasteiger partial charge in [-0.05, 0) is 19.8 Å². The summed E-state index contributed by atoms with van der Waals surface area (Å²) in [7, 11) is -3.32. The maximum atomic E-state index is 12.0. The van der Waals surface area contributed by atoms with E-state index in [1.807, 2.05) is 0 Å². The van der Waals surface area contributed by atoms with Crippen LogP contribution in [0.15, 0.2) is 11.1 Å². The molecule has 0 spiro atoms. The average Bonchev–Trinajstić information content (AvgIpc) is 3.09. The first-order valence-electron chi connectivity index (χ1n) is 7.37. The molecule has 3 aliphatic rings. The second-order valence-corrected chi connectivity index (χ2v) is 8.38. The third-order valence-electron chi connectivity index (χ3n) is 5.01. The summed E-state index contributed by atoms with van der Waals surface area (Å²) in [5.41, 5.74) is 0. The molecule has 0 aliphatic carbocycles. The maximum absolute atomic E-state index is 12.0. The van der Waals surface area contributed by atoms with Gasteiger partial charge in [0.2, 0.25) is 0 Å². The predicted octanol–water partition coefficient (Wildman–Crippen LogP) is 0.802. The van der Waals surface area contributed by atoms with E-state index in [1.54, 1.807) is 6.92 Å². The first kappa shape index (κ1) is 13.5. The van der Waals surface area contributed by atoms with Crippen LogP contribution in [-0.2, 0) is 14.6 Å². The highest BCUT2D eigenvalue weighted by atomic mass is 32.2. The quantitative estimate of drug-likeness (QED) is 0.805. The van der Waals surface area contributed by atoms with Gasteiger partial charge in [-0.3, -0.25) is 0 Å². The van der Waals surface area contributed by atoms with Gasteiger partial charge in [-0.25, -0.2) is 18.4 Å². The molecule has 1 aromatic heterocycles. The number of hydrogen-bond acceptors (Lipinski definition) is 6. The highest BCUT2D eigenvalue weighted by molar-refractivity contribution is 7.90. The normalized spacial score (nSPS) is 34.5. The Morgan fingerprint density at radius 3 is 2.43 bits per heavy atom. The number of hydrogen-bond donors (Lipinski definition) is 0. The standard InChI is InChI=1S/C14H19N3O3S/c1-8-15-5-13(21(2,18)19)14(16-8)17-6-9-10(7-17)12-4-3-11(9)20-12/h5,9-12H,3-4,6-7H2,1-2H3/t9-,10+,11+,12-. The van der Waals surface area contributed by atoms with Crippen LogP contribution in [0.2, 0.25) is 0 Å². The van der Waals surface area contributed by atoms with Crippen molar-refractivity contribution < 1.29 is 13.2 Å². The minimum Gasteiger partial charge on any atom is -0.374 e. The van der Waals surface area contributed by atoms with Gasteiger partial charge in [0.1, 0.15) is 10.7 Å². The third kappa shape index (κ3) is 2.05. The highest BCUT2D eigenvalue weighted by Gasteiger charge is 2.53. The summed E-state index contributed by atoms with van der Waals surface area (Å²) in [4.78, 5) is 10.8. The van der Waals surface area contributed by atoms with Gasteiger partial charge in [0, 0.05) is 31.2 Å². The van der Waals surface area contributed by atoms with E-state index in [0.717, 1.165) is 25.9 Å². The van der Waals surface area contributed by atoms with Crippen LogP contribution in [-0.4, -0.2) is 49.9 Å². The lowest BCUT2D eigenvalue weighted by Crippen LogP contribution is -2.27. The van der Waals surface area contributed by atoms with E-state index in [4.69, 9.17) is 4.74 Å². The fraction of sp³-hybridized carbons (Fsp3) is 0.714. The third-order valence-corrected chi connectivity index (χ3v) is 6.10. The van der Waals surface area contributed by atoms with Crippen LogP contribution < -0.4 is 4.90 Å². The van der Waals surface area contributed by atoms with Crippen molar-refractivity contribution in [1.82, 2.24) is 9.97 Å².